The number of amides is 20. The third-order valence-corrected chi connectivity index (χ3v) is 25.6. The summed E-state index contributed by atoms with van der Waals surface area (Å²) in [6.07, 6.45) is -2.64. The number of carbonyl (C=O) groups excluding carboxylic acids is 17. The Morgan fingerprint density at radius 3 is 1.26 bits per heavy atom. The summed E-state index contributed by atoms with van der Waals surface area (Å²) in [6, 6.07) is -2.88. The van der Waals surface area contributed by atoms with Gasteiger partial charge < -0.3 is 173 Å². The lowest BCUT2D eigenvalue weighted by atomic mass is 10.00. The van der Waals surface area contributed by atoms with Crippen LogP contribution in [0.4, 0.5) is 14.4 Å². The number of phenolic OH excluding ortho intramolecular Hbond substituents is 2. The molecule has 2 aliphatic rings. The molecule has 2 fully saturated rings. The van der Waals surface area contributed by atoms with Crippen LogP contribution in [0.5, 0.6) is 11.5 Å². The van der Waals surface area contributed by atoms with E-state index in [2.05, 4.69) is 101 Å². The fourth-order valence-corrected chi connectivity index (χ4v) is 17.9. The highest BCUT2D eigenvalue weighted by Gasteiger charge is 2.43. The highest BCUT2D eigenvalue weighted by atomic mass is 33.1. The number of nitrogens with zero attached hydrogens (tertiary/aromatic N) is 1. The first-order valence-electron chi connectivity index (χ1n) is 47.5. The molecular formula is C90H140N34O19S2. The first-order chi connectivity index (χ1) is 69.1. The second-order valence-electron chi connectivity index (χ2n) is 34.6. The van der Waals surface area contributed by atoms with Crippen molar-refractivity contribution in [3.63, 3.8) is 0 Å². The number of carbonyl (C=O) groups is 17. The second kappa shape index (κ2) is 63.0. The number of guanidine groups is 4. The minimum atomic E-state index is -1.91. The molecule has 796 valence electrons. The monoisotopic (exact) mass is 2070 g/mol. The zero-order valence-corrected chi connectivity index (χ0v) is 82.1. The van der Waals surface area contributed by atoms with Crippen molar-refractivity contribution in [2.45, 2.75) is 226 Å². The van der Waals surface area contributed by atoms with E-state index in [9.17, 15) is 34.2 Å². The number of urea groups is 3. The Balaban J connectivity index is 1.62. The van der Waals surface area contributed by atoms with Gasteiger partial charge in [0.15, 0.2) is 23.8 Å². The number of aromatic hydroxyl groups is 2. The van der Waals surface area contributed by atoms with Crippen LogP contribution >= 0.6 is 21.6 Å². The molecule has 0 saturated carbocycles. The molecule has 53 nitrogen and oxygen atoms in total. The van der Waals surface area contributed by atoms with Crippen LogP contribution < -0.4 is 158 Å². The fourth-order valence-electron chi connectivity index (χ4n) is 15.5. The van der Waals surface area contributed by atoms with Crippen molar-refractivity contribution in [3.05, 3.63) is 108 Å². The molecule has 2 aliphatic heterocycles. The first kappa shape index (κ1) is 119. The maximum atomic E-state index is 16.0. The number of unbranched alkanes of at least 4 members (excludes halogenated alkanes) is 1. The third-order valence-electron chi connectivity index (χ3n) is 23.2. The number of hydrogen-bond acceptors (Lipinski definition) is 27. The zero-order valence-electron chi connectivity index (χ0n) is 80.4. The van der Waals surface area contributed by atoms with Crippen LogP contribution in [-0.4, -0.2) is 295 Å². The van der Waals surface area contributed by atoms with E-state index in [-0.39, 0.29) is 210 Å². The number of benzene rings is 4. The minimum Gasteiger partial charge on any atom is -0.508 e. The summed E-state index contributed by atoms with van der Waals surface area (Å²) in [6.45, 7) is -0.588. The van der Waals surface area contributed by atoms with E-state index in [1.165, 1.54) is 48.5 Å². The largest absolute Gasteiger partial charge is 0.508 e. The fraction of sp³-hybridized carbons (Fsp3) is 0.522. The molecule has 4 aromatic carbocycles. The van der Waals surface area contributed by atoms with Crippen LogP contribution in [0.1, 0.15) is 139 Å². The molecule has 0 radical (unpaired) electrons. The lowest BCUT2D eigenvalue weighted by Gasteiger charge is -2.31. The van der Waals surface area contributed by atoms with Gasteiger partial charge in [0.05, 0.1) is 6.04 Å². The Labute approximate surface area is 844 Å². The topological polar surface area (TPSA) is 918 Å². The van der Waals surface area contributed by atoms with E-state index in [1.54, 1.807) is 36.4 Å². The summed E-state index contributed by atoms with van der Waals surface area (Å²) in [4.78, 5) is 250. The van der Waals surface area contributed by atoms with Crippen LogP contribution in [0.25, 0.3) is 10.8 Å². The van der Waals surface area contributed by atoms with Gasteiger partial charge in [-0.1, -0.05) is 88.3 Å². The highest BCUT2D eigenvalue weighted by molar-refractivity contribution is 8.76. The predicted octanol–water partition coefficient (Wildman–Crippen LogP) is -7.18. The smallest absolute Gasteiger partial charge is 0.312 e. The summed E-state index contributed by atoms with van der Waals surface area (Å²) in [7, 11) is 1.48. The molecule has 4 aromatic rings. The van der Waals surface area contributed by atoms with Gasteiger partial charge in [0.2, 0.25) is 82.7 Å². The Hall–Kier alpha value is -15.2. The van der Waals surface area contributed by atoms with E-state index in [0.717, 1.165) is 31.9 Å². The molecule has 145 heavy (non-hydrogen) atoms. The molecule has 55 heteroatoms. The molecule has 45 N–H and O–H groups in total. The molecule has 2 saturated heterocycles. The lowest BCUT2D eigenvalue weighted by molar-refractivity contribution is -0.142. The molecule has 14 atom stereocenters. The average Bonchev–Trinajstić information content (AvgIpc) is 1.75. The predicted molar refractivity (Wildman–Crippen MR) is 541 cm³/mol. The van der Waals surface area contributed by atoms with Gasteiger partial charge in [0.1, 0.15) is 90.0 Å². The molecule has 20 amide bonds. The molecular weight excluding hydrogens is 1930 g/mol. The first-order valence-corrected chi connectivity index (χ1v) is 50.0. The van der Waals surface area contributed by atoms with E-state index in [0.29, 0.717) is 16.5 Å². The van der Waals surface area contributed by atoms with Gasteiger partial charge in [0, 0.05) is 83.1 Å². The van der Waals surface area contributed by atoms with Crippen LogP contribution in [0.3, 0.4) is 0 Å². The van der Waals surface area contributed by atoms with Gasteiger partial charge in [-0.05, 0) is 180 Å². The highest BCUT2D eigenvalue weighted by Crippen LogP contribution is 2.27. The quantitative estimate of drug-likeness (QED) is 0.00846. The van der Waals surface area contributed by atoms with Crippen molar-refractivity contribution in [2.75, 3.05) is 70.4 Å². The maximum Gasteiger partial charge on any atom is 0.312 e. The van der Waals surface area contributed by atoms with Gasteiger partial charge in [-0.3, -0.25) is 88.8 Å². The lowest BCUT2D eigenvalue weighted by Crippen LogP contribution is -2.61. The van der Waals surface area contributed by atoms with Crippen LogP contribution in [0, 0.1) is 21.6 Å². The number of rotatable bonds is 47. The summed E-state index contributed by atoms with van der Waals surface area (Å²) < 4.78 is 0. The number of nitrogens with two attached hydrogens (primary N) is 10. The van der Waals surface area contributed by atoms with E-state index in [4.69, 9.17) is 79.0 Å². The normalized spacial score (nSPS) is 20.0. The van der Waals surface area contributed by atoms with Crippen LogP contribution in [-0.2, 0) is 86.4 Å². The van der Waals surface area contributed by atoms with E-state index < -0.39 is 228 Å². The minimum absolute atomic E-state index is 0.00619. The average molecular weight is 2070 g/mol. The molecule has 0 unspecified atom stereocenters. The summed E-state index contributed by atoms with van der Waals surface area (Å²) in [5, 5.41) is 103. The van der Waals surface area contributed by atoms with Crippen molar-refractivity contribution in [2.24, 2.45) is 57.3 Å². The molecule has 0 aromatic heterocycles. The number of phenols is 2. The van der Waals surface area contributed by atoms with Crippen molar-refractivity contribution >= 4 is 157 Å². The molecule has 0 spiro atoms. The third kappa shape index (κ3) is 44.5. The number of nitrogens with one attached hydrogen (secondary N) is 23. The maximum absolute atomic E-state index is 16.0. The van der Waals surface area contributed by atoms with Crippen molar-refractivity contribution in [1.82, 2.24) is 106 Å². The molecule has 6 rings (SSSR count). The van der Waals surface area contributed by atoms with Gasteiger partial charge >= 0.3 is 18.1 Å². The molecule has 0 aliphatic carbocycles. The van der Waals surface area contributed by atoms with Crippen LogP contribution in [0.2, 0.25) is 0 Å². The SMILES string of the molecule is N=C(N)NCCC[C@H](NC(=O)[C@@H]1CSSC[C@H](NC(=O)[C@H](Cc2ccc3ccccc3c2)NC(=O)[C@H](CCCNC(=N)N)NC(=O)[C@@H](N)CCCNC(=N)N)C(=O)N[C@@H](Cc2ccc(O)cc2)C(=O)N[C@@H](CCCNC(=N)N)C(=O)N[C@@H](CCCCN)C(=O)N[C@H](CCCNC(N)=O)C(=O)N2CCC[C@H]2C(=O)N[C@@H](Cc2ccc(O)cc2)C(=O)N[C@@H](CCCNC(N)=O)C(=O)N[C@@H](CCCNC(N)=O)C(=O)N1)C(N)=O. The van der Waals surface area contributed by atoms with E-state index >= 15 is 57.5 Å². The van der Waals surface area contributed by atoms with Crippen molar-refractivity contribution in [3.8, 4) is 11.5 Å². The summed E-state index contributed by atoms with van der Waals surface area (Å²) in [5.74, 6) is -17.8. The number of primary amides is 4. The molecule has 2 heterocycles. The standard InChI is InChI=1S/C90H140N34O19S2/c91-34-4-3-16-58-74(131)118-63(22-11-41-111-90(104)143)83(140)124-42-12-23-69(124)82(139)121-65(45-50-27-32-55(126)33-28-50)78(135)117-61(20-9-39-109-88(102)141)73(130)115-62(21-10-40-110-89(103)142)76(133)122-67(80(137)112-57(70(93)127)17-6-36-106-85(96)97)47-144-145-48-68(81(138)120-64(44-49-25-30-54(125)31-26-49)77(134)116-60(72(129)114-58)19-8-38-108-87(100)101)123-79(136)66(46-51-24-29-52-13-1-2-14-53(52)43-51)119-75(132)59(18-7-37-107-86(98)99)113-71(128)56(92)15-5-35-105-84(94)95/h1-2,13-14,24-33,43,56-69,125-126H,3-12,15-23,34-42,44-48,91-92H2,(H2,93,127)(H,112,137)(H,113,128)(H,114,129)(H,115,130)(H,116,134)(H,117,135)(H,118,131)(H,119,132)(H,120,138)(H,121,139)(H,122,133)(H,123,136)(H4,94,95,105)(H4,96,97,106)(H4,98,99,107)(H4,100,101,108)(H3,102,109,141)(H3,103,110,142)(H3,104,111,143)/t56-,57-,58-,59-,60-,61-,62-,63+,64-,65-,66-,67-,68-,69-/m0/s1. The Kier molecular flexibility index (Phi) is 51.5. The van der Waals surface area contributed by atoms with Gasteiger partial charge in [-0.25, -0.2) is 14.4 Å². The number of hydrogen-bond donors (Lipinski definition) is 35. The second-order valence-corrected chi connectivity index (χ2v) is 37.2. The van der Waals surface area contributed by atoms with Crippen LogP contribution in [0.15, 0.2) is 91.0 Å². The van der Waals surface area contributed by atoms with Gasteiger partial charge in [-0.15, -0.1) is 0 Å². The Morgan fingerprint density at radius 2 is 0.793 bits per heavy atom. The van der Waals surface area contributed by atoms with Gasteiger partial charge in [0.25, 0.3) is 0 Å². The van der Waals surface area contributed by atoms with Gasteiger partial charge in [-0.2, -0.15) is 0 Å². The Bertz CT molecular complexity index is 5090. The van der Waals surface area contributed by atoms with E-state index in [1.807, 2.05) is 6.07 Å². The Morgan fingerprint density at radius 1 is 0.400 bits per heavy atom. The molecule has 0 bridgehead atoms. The zero-order chi connectivity index (χ0) is 107. The van der Waals surface area contributed by atoms with Crippen molar-refractivity contribution < 1.29 is 91.7 Å². The van der Waals surface area contributed by atoms with Crippen molar-refractivity contribution in [1.29, 1.82) is 21.6 Å². The number of fused-ring (bicyclic) bond motifs is 2. The summed E-state index contributed by atoms with van der Waals surface area (Å²) >= 11 is 0. The summed E-state index contributed by atoms with van der Waals surface area (Å²) in [5.41, 5.74) is 57.9.